The molecule has 3 rings (SSSR count). The van der Waals surface area contributed by atoms with Crippen LogP contribution in [0, 0.1) is 5.92 Å². The number of para-hydroxylation sites is 2. The van der Waals surface area contributed by atoms with E-state index >= 15 is 0 Å². The lowest BCUT2D eigenvalue weighted by Crippen LogP contribution is -2.64. The van der Waals surface area contributed by atoms with Crippen molar-refractivity contribution in [1.29, 1.82) is 0 Å². The maximum absolute atomic E-state index is 3.85. The first-order chi connectivity index (χ1) is 10.0. The lowest BCUT2D eigenvalue weighted by atomic mass is 9.89. The highest BCUT2D eigenvalue weighted by molar-refractivity contribution is 5.71. The molecule has 2 fully saturated rings. The van der Waals surface area contributed by atoms with Gasteiger partial charge in [-0.15, -0.1) is 0 Å². The Morgan fingerprint density at radius 2 is 2.00 bits per heavy atom. The SMILES string of the molecule is CCC1CNC(C)(C2CC2)CN1c1ccccc1N(C)C. The molecular weight excluding hydrogens is 258 g/mol. The predicted octanol–water partition coefficient (Wildman–Crippen LogP) is 3.11. The van der Waals surface area contributed by atoms with E-state index in [-0.39, 0.29) is 5.54 Å². The second-order valence-corrected chi connectivity index (χ2v) is 7.15. The molecule has 0 amide bonds. The molecule has 0 spiro atoms. The number of nitrogens with one attached hydrogen (secondary N) is 1. The Bertz CT molecular complexity index is 495. The summed E-state index contributed by atoms with van der Waals surface area (Å²) in [4.78, 5) is 4.89. The predicted molar refractivity (Wildman–Crippen MR) is 91.3 cm³/mol. The summed E-state index contributed by atoms with van der Waals surface area (Å²) in [5.74, 6) is 0.865. The van der Waals surface area contributed by atoms with Gasteiger partial charge in [0.05, 0.1) is 11.4 Å². The van der Waals surface area contributed by atoms with Gasteiger partial charge in [-0.1, -0.05) is 19.1 Å². The zero-order chi connectivity index (χ0) is 15.0. The Morgan fingerprint density at radius 1 is 1.29 bits per heavy atom. The van der Waals surface area contributed by atoms with E-state index < -0.39 is 0 Å². The Hall–Kier alpha value is -1.22. The number of anilines is 2. The van der Waals surface area contributed by atoms with E-state index in [2.05, 4.69) is 67.3 Å². The molecule has 21 heavy (non-hydrogen) atoms. The minimum Gasteiger partial charge on any atom is -0.376 e. The third-order valence-corrected chi connectivity index (χ3v) is 5.30. The van der Waals surface area contributed by atoms with Gasteiger partial charge in [-0.3, -0.25) is 0 Å². The number of hydrogen-bond donors (Lipinski definition) is 1. The first-order valence-electron chi connectivity index (χ1n) is 8.33. The molecule has 1 saturated heterocycles. The third kappa shape index (κ3) is 2.76. The fourth-order valence-electron chi connectivity index (χ4n) is 3.73. The van der Waals surface area contributed by atoms with Crippen LogP contribution in [-0.2, 0) is 0 Å². The lowest BCUT2D eigenvalue weighted by Gasteiger charge is -2.48. The summed E-state index contributed by atoms with van der Waals surface area (Å²) in [6, 6.07) is 9.43. The van der Waals surface area contributed by atoms with Crippen molar-refractivity contribution >= 4 is 11.4 Å². The molecule has 3 heteroatoms. The van der Waals surface area contributed by atoms with Crippen molar-refractivity contribution in [2.45, 2.75) is 44.7 Å². The van der Waals surface area contributed by atoms with Crippen LogP contribution in [0.25, 0.3) is 0 Å². The van der Waals surface area contributed by atoms with Gasteiger partial charge < -0.3 is 15.1 Å². The molecule has 2 unspecified atom stereocenters. The number of nitrogens with zero attached hydrogens (tertiary/aromatic N) is 2. The molecule has 1 aliphatic carbocycles. The molecule has 0 aromatic heterocycles. The van der Waals surface area contributed by atoms with Crippen molar-refractivity contribution in [3.05, 3.63) is 24.3 Å². The number of rotatable bonds is 4. The van der Waals surface area contributed by atoms with Crippen LogP contribution in [0.1, 0.15) is 33.1 Å². The molecule has 1 N–H and O–H groups in total. The molecule has 1 heterocycles. The van der Waals surface area contributed by atoms with E-state index in [1.54, 1.807) is 0 Å². The zero-order valence-corrected chi connectivity index (χ0v) is 13.9. The standard InChI is InChI=1S/C18H29N3/c1-5-15-12-19-18(2,14-10-11-14)13-21(15)17-9-7-6-8-16(17)20(3)4/h6-9,14-15,19H,5,10-13H2,1-4H3. The summed E-state index contributed by atoms with van der Waals surface area (Å²) in [5.41, 5.74) is 3.00. The molecule has 1 aromatic rings. The van der Waals surface area contributed by atoms with Gasteiger partial charge in [0.25, 0.3) is 0 Å². The summed E-state index contributed by atoms with van der Waals surface area (Å²) < 4.78 is 0. The van der Waals surface area contributed by atoms with Crippen LogP contribution < -0.4 is 15.1 Å². The van der Waals surface area contributed by atoms with Gasteiger partial charge in [0.2, 0.25) is 0 Å². The van der Waals surface area contributed by atoms with Crippen LogP contribution in [0.4, 0.5) is 11.4 Å². The van der Waals surface area contributed by atoms with Gasteiger partial charge in [0.1, 0.15) is 0 Å². The van der Waals surface area contributed by atoms with Crippen LogP contribution in [0.2, 0.25) is 0 Å². The van der Waals surface area contributed by atoms with Crippen LogP contribution in [0.15, 0.2) is 24.3 Å². The highest BCUT2D eigenvalue weighted by Crippen LogP contribution is 2.43. The maximum Gasteiger partial charge on any atom is 0.0607 e. The van der Waals surface area contributed by atoms with Crippen molar-refractivity contribution in [1.82, 2.24) is 5.32 Å². The molecular formula is C18H29N3. The minimum atomic E-state index is 0.283. The Morgan fingerprint density at radius 3 is 2.62 bits per heavy atom. The highest BCUT2D eigenvalue weighted by Gasteiger charge is 2.46. The van der Waals surface area contributed by atoms with E-state index in [0.29, 0.717) is 6.04 Å². The summed E-state index contributed by atoms with van der Waals surface area (Å²) in [5, 5.41) is 3.85. The maximum atomic E-state index is 3.85. The summed E-state index contributed by atoms with van der Waals surface area (Å²) in [6.07, 6.45) is 3.97. The second kappa shape index (κ2) is 5.53. The molecule has 2 atom stereocenters. The zero-order valence-electron chi connectivity index (χ0n) is 13.9. The van der Waals surface area contributed by atoms with Gasteiger partial charge in [0.15, 0.2) is 0 Å². The van der Waals surface area contributed by atoms with Crippen molar-refractivity contribution in [2.75, 3.05) is 37.0 Å². The Balaban J connectivity index is 1.93. The van der Waals surface area contributed by atoms with E-state index in [0.717, 1.165) is 19.0 Å². The average Bonchev–Trinajstić information content (AvgIpc) is 3.32. The molecule has 116 valence electrons. The Kier molecular flexibility index (Phi) is 3.87. The quantitative estimate of drug-likeness (QED) is 0.918. The van der Waals surface area contributed by atoms with Gasteiger partial charge in [0, 0.05) is 38.8 Å². The van der Waals surface area contributed by atoms with E-state index in [1.807, 2.05) is 0 Å². The van der Waals surface area contributed by atoms with Gasteiger partial charge in [-0.2, -0.15) is 0 Å². The van der Waals surface area contributed by atoms with E-state index in [9.17, 15) is 0 Å². The van der Waals surface area contributed by atoms with Crippen molar-refractivity contribution in [3.8, 4) is 0 Å². The van der Waals surface area contributed by atoms with Gasteiger partial charge in [-0.05, 0) is 44.2 Å². The number of hydrogen-bond acceptors (Lipinski definition) is 3. The largest absolute Gasteiger partial charge is 0.376 e. The van der Waals surface area contributed by atoms with E-state index in [1.165, 1.54) is 30.6 Å². The smallest absolute Gasteiger partial charge is 0.0607 e. The fraction of sp³-hybridized carbons (Fsp3) is 0.667. The van der Waals surface area contributed by atoms with Crippen molar-refractivity contribution in [3.63, 3.8) is 0 Å². The summed E-state index contributed by atoms with van der Waals surface area (Å²) >= 11 is 0. The van der Waals surface area contributed by atoms with E-state index in [4.69, 9.17) is 0 Å². The second-order valence-electron chi connectivity index (χ2n) is 7.15. The van der Waals surface area contributed by atoms with Crippen LogP contribution >= 0.6 is 0 Å². The van der Waals surface area contributed by atoms with Crippen molar-refractivity contribution in [2.24, 2.45) is 5.92 Å². The molecule has 3 nitrogen and oxygen atoms in total. The van der Waals surface area contributed by atoms with Crippen molar-refractivity contribution < 1.29 is 0 Å². The Labute approximate surface area is 129 Å². The van der Waals surface area contributed by atoms with Gasteiger partial charge in [-0.25, -0.2) is 0 Å². The summed E-state index contributed by atoms with van der Waals surface area (Å²) in [6.45, 7) is 6.95. The van der Waals surface area contributed by atoms with Crippen LogP contribution in [0.3, 0.4) is 0 Å². The fourth-order valence-corrected chi connectivity index (χ4v) is 3.73. The lowest BCUT2D eigenvalue weighted by molar-refractivity contribution is 0.253. The molecule has 2 aliphatic rings. The van der Waals surface area contributed by atoms with Gasteiger partial charge >= 0.3 is 0 Å². The first kappa shape index (κ1) is 14.7. The number of benzene rings is 1. The monoisotopic (exact) mass is 287 g/mol. The highest BCUT2D eigenvalue weighted by atomic mass is 15.3. The molecule has 1 saturated carbocycles. The van der Waals surface area contributed by atoms with Crippen LogP contribution in [0.5, 0.6) is 0 Å². The third-order valence-electron chi connectivity index (χ3n) is 5.30. The normalized spacial score (nSPS) is 29.5. The molecule has 0 bridgehead atoms. The molecule has 0 radical (unpaired) electrons. The average molecular weight is 287 g/mol. The number of piperazine rings is 1. The summed E-state index contributed by atoms with van der Waals surface area (Å²) in [7, 11) is 4.28. The topological polar surface area (TPSA) is 18.5 Å². The van der Waals surface area contributed by atoms with Crippen LogP contribution in [-0.4, -0.2) is 38.8 Å². The molecule has 1 aromatic carbocycles. The first-order valence-corrected chi connectivity index (χ1v) is 8.33. The molecule has 1 aliphatic heterocycles. The minimum absolute atomic E-state index is 0.283.